The van der Waals surface area contributed by atoms with E-state index < -0.39 is 17.5 Å². The third kappa shape index (κ3) is 3.02. The van der Waals surface area contributed by atoms with Gasteiger partial charge in [-0.15, -0.1) is 11.3 Å². The molecule has 0 aliphatic rings. The van der Waals surface area contributed by atoms with Crippen LogP contribution in [0.4, 0.5) is 10.1 Å². The second-order valence-electron chi connectivity index (χ2n) is 3.69. The van der Waals surface area contributed by atoms with Crippen LogP contribution < -0.4 is 5.32 Å². The van der Waals surface area contributed by atoms with E-state index in [1.165, 1.54) is 18.2 Å². The number of carbonyl (C=O) groups excluding carboxylic acids is 2. The molecule has 1 aromatic heterocycles. The van der Waals surface area contributed by atoms with E-state index >= 15 is 0 Å². The first-order valence-electron chi connectivity index (χ1n) is 5.32. The van der Waals surface area contributed by atoms with Crippen LogP contribution in [0.25, 0.3) is 0 Å². The van der Waals surface area contributed by atoms with Crippen molar-refractivity contribution in [2.75, 3.05) is 5.32 Å². The van der Waals surface area contributed by atoms with Crippen LogP contribution in [0.15, 0.2) is 30.3 Å². The summed E-state index contributed by atoms with van der Waals surface area (Å²) >= 11 is 6.66. The second-order valence-corrected chi connectivity index (χ2v) is 5.40. The summed E-state index contributed by atoms with van der Waals surface area (Å²) in [5.74, 6) is -2.28. The number of halogens is 2. The molecule has 1 amide bonds. The van der Waals surface area contributed by atoms with Gasteiger partial charge in [-0.05, 0) is 30.3 Å². The summed E-state index contributed by atoms with van der Waals surface area (Å²) in [7, 11) is 0. The molecule has 20 heavy (non-hydrogen) atoms. The summed E-state index contributed by atoms with van der Waals surface area (Å²) in [6.45, 7) is 0. The molecule has 0 unspecified atom stereocenters. The first-order chi connectivity index (χ1) is 9.51. The van der Waals surface area contributed by atoms with Gasteiger partial charge in [0.1, 0.15) is 11.9 Å². The minimum absolute atomic E-state index is 0.0599. The number of anilines is 1. The highest BCUT2D eigenvalue weighted by atomic mass is 35.5. The van der Waals surface area contributed by atoms with Gasteiger partial charge in [-0.1, -0.05) is 11.6 Å². The van der Waals surface area contributed by atoms with Crippen LogP contribution in [0.2, 0.25) is 4.34 Å². The Morgan fingerprint density at radius 2 is 2.05 bits per heavy atom. The largest absolute Gasteiger partial charge is 0.318 e. The topological polar surface area (TPSA) is 70.0 Å². The van der Waals surface area contributed by atoms with Crippen molar-refractivity contribution in [3.8, 4) is 6.07 Å². The van der Waals surface area contributed by atoms with Crippen LogP contribution in [-0.2, 0) is 4.79 Å². The first-order valence-corrected chi connectivity index (χ1v) is 6.51. The van der Waals surface area contributed by atoms with Gasteiger partial charge in [0.2, 0.25) is 0 Å². The molecule has 1 aromatic carbocycles. The maximum Gasteiger partial charge on any atom is 0.297 e. The Morgan fingerprint density at radius 3 is 2.65 bits per heavy atom. The number of thiophene rings is 1. The molecule has 0 spiro atoms. The van der Waals surface area contributed by atoms with E-state index in [2.05, 4.69) is 5.32 Å². The lowest BCUT2D eigenvalue weighted by atomic mass is 10.2. The van der Waals surface area contributed by atoms with Gasteiger partial charge in [0.25, 0.3) is 11.7 Å². The average molecular weight is 309 g/mol. The average Bonchev–Trinajstić information content (AvgIpc) is 2.86. The van der Waals surface area contributed by atoms with Crippen molar-refractivity contribution in [3.05, 3.63) is 50.9 Å². The summed E-state index contributed by atoms with van der Waals surface area (Å²) in [4.78, 5) is 23.8. The molecule has 0 radical (unpaired) electrons. The maximum atomic E-state index is 13.0. The monoisotopic (exact) mass is 308 g/mol. The van der Waals surface area contributed by atoms with Crippen molar-refractivity contribution in [1.82, 2.24) is 0 Å². The van der Waals surface area contributed by atoms with Crippen LogP contribution >= 0.6 is 22.9 Å². The van der Waals surface area contributed by atoms with Crippen molar-refractivity contribution in [2.24, 2.45) is 0 Å². The molecule has 2 rings (SSSR count). The molecule has 0 saturated heterocycles. The molecular formula is C13H6ClFN2O2S. The molecule has 0 saturated carbocycles. The van der Waals surface area contributed by atoms with E-state index in [9.17, 15) is 14.0 Å². The van der Waals surface area contributed by atoms with Crippen LogP contribution in [-0.4, -0.2) is 11.7 Å². The molecule has 1 N–H and O–H groups in total. The Morgan fingerprint density at radius 1 is 1.30 bits per heavy atom. The van der Waals surface area contributed by atoms with Crippen LogP contribution in [0, 0.1) is 17.1 Å². The fraction of sp³-hybridized carbons (Fsp3) is 0. The summed E-state index contributed by atoms with van der Waals surface area (Å²) in [6, 6.07) is 7.96. The Balaban J connectivity index is 2.20. The van der Waals surface area contributed by atoms with Gasteiger partial charge >= 0.3 is 0 Å². The summed E-state index contributed by atoms with van der Waals surface area (Å²) in [5.41, 5.74) is 0.0188. The molecular weight excluding hydrogens is 303 g/mol. The molecule has 4 nitrogen and oxygen atoms in total. The zero-order valence-electron chi connectivity index (χ0n) is 9.81. The fourth-order valence-corrected chi connectivity index (χ4v) is 2.43. The molecule has 1 heterocycles. The van der Waals surface area contributed by atoms with Crippen molar-refractivity contribution in [2.45, 2.75) is 0 Å². The number of amides is 1. The first kappa shape index (κ1) is 14.2. The van der Waals surface area contributed by atoms with Gasteiger partial charge in [-0.2, -0.15) is 5.26 Å². The molecule has 100 valence electrons. The number of nitrogens with zero attached hydrogens (tertiary/aromatic N) is 1. The van der Waals surface area contributed by atoms with Crippen molar-refractivity contribution < 1.29 is 14.0 Å². The van der Waals surface area contributed by atoms with E-state index in [1.54, 1.807) is 6.07 Å². The zero-order valence-corrected chi connectivity index (χ0v) is 11.4. The molecule has 0 fully saturated rings. The lowest BCUT2D eigenvalue weighted by Gasteiger charge is -2.05. The smallest absolute Gasteiger partial charge is 0.297 e. The van der Waals surface area contributed by atoms with Crippen molar-refractivity contribution in [3.63, 3.8) is 0 Å². The second kappa shape index (κ2) is 5.82. The summed E-state index contributed by atoms with van der Waals surface area (Å²) in [6.07, 6.45) is 0. The summed E-state index contributed by atoms with van der Waals surface area (Å²) < 4.78 is 13.3. The van der Waals surface area contributed by atoms with Crippen LogP contribution in [0.1, 0.15) is 15.2 Å². The number of rotatable bonds is 3. The Bertz CT molecular complexity index is 736. The van der Waals surface area contributed by atoms with E-state index in [0.717, 1.165) is 23.5 Å². The number of nitriles is 1. The number of Topliss-reactive ketones (excluding diaryl/α,β-unsaturated/α-hetero) is 1. The molecule has 2 aromatic rings. The minimum Gasteiger partial charge on any atom is -0.318 e. The number of carbonyl (C=O) groups is 2. The summed E-state index contributed by atoms with van der Waals surface area (Å²) in [5, 5.41) is 11.1. The molecule has 0 bridgehead atoms. The van der Waals surface area contributed by atoms with E-state index in [0.29, 0.717) is 4.34 Å². The van der Waals surface area contributed by atoms with E-state index in [4.69, 9.17) is 16.9 Å². The SMILES string of the molecule is N#Cc1cc(F)ccc1NC(=O)C(=O)c1ccc(Cl)s1. The Labute approximate surface area is 122 Å². The van der Waals surface area contributed by atoms with Crippen LogP contribution in [0.3, 0.4) is 0 Å². The number of ketones is 1. The van der Waals surface area contributed by atoms with E-state index in [-0.39, 0.29) is 16.1 Å². The molecule has 7 heteroatoms. The molecule has 0 aliphatic heterocycles. The van der Waals surface area contributed by atoms with Crippen LogP contribution in [0.5, 0.6) is 0 Å². The third-order valence-corrected chi connectivity index (χ3v) is 3.58. The fourth-order valence-electron chi connectivity index (χ4n) is 1.45. The molecule has 0 atom stereocenters. The normalized spacial score (nSPS) is 9.85. The lowest BCUT2D eigenvalue weighted by molar-refractivity contribution is -0.112. The van der Waals surface area contributed by atoms with Gasteiger partial charge < -0.3 is 5.32 Å². The quantitative estimate of drug-likeness (QED) is 0.699. The number of hydrogen-bond acceptors (Lipinski definition) is 4. The van der Waals surface area contributed by atoms with Gasteiger partial charge in [0.15, 0.2) is 0 Å². The van der Waals surface area contributed by atoms with Gasteiger partial charge in [0, 0.05) is 0 Å². The third-order valence-electron chi connectivity index (χ3n) is 2.35. The van der Waals surface area contributed by atoms with Gasteiger partial charge in [-0.3, -0.25) is 9.59 Å². The van der Waals surface area contributed by atoms with Gasteiger partial charge in [0.05, 0.1) is 20.5 Å². The Hall–Kier alpha value is -2.23. The predicted octanol–water partition coefficient (Wildman–Crippen LogP) is 3.23. The minimum atomic E-state index is -0.911. The molecule has 0 aliphatic carbocycles. The number of hydrogen-bond donors (Lipinski definition) is 1. The lowest BCUT2D eigenvalue weighted by Crippen LogP contribution is -2.22. The Kier molecular flexibility index (Phi) is 4.13. The highest BCUT2D eigenvalue weighted by Crippen LogP contribution is 2.22. The van der Waals surface area contributed by atoms with Crippen molar-refractivity contribution >= 4 is 40.3 Å². The van der Waals surface area contributed by atoms with Crippen molar-refractivity contribution in [1.29, 1.82) is 5.26 Å². The highest BCUT2D eigenvalue weighted by molar-refractivity contribution is 7.18. The van der Waals surface area contributed by atoms with E-state index in [1.807, 2.05) is 0 Å². The highest BCUT2D eigenvalue weighted by Gasteiger charge is 2.19. The zero-order chi connectivity index (χ0) is 14.7. The maximum absolute atomic E-state index is 13.0. The number of benzene rings is 1. The number of nitrogens with one attached hydrogen (secondary N) is 1. The predicted molar refractivity (Wildman–Crippen MR) is 73.4 cm³/mol. The van der Waals surface area contributed by atoms with Gasteiger partial charge in [-0.25, -0.2) is 4.39 Å². The standard InChI is InChI=1S/C13H6ClFN2O2S/c14-11-4-3-10(20-11)12(18)13(19)17-9-2-1-8(15)5-7(9)6-16/h1-5H,(H,17,19).